The number of carbonyl (C=O) groups excluding carboxylic acids is 1. The highest BCUT2D eigenvalue weighted by Crippen LogP contribution is 2.43. The summed E-state index contributed by atoms with van der Waals surface area (Å²) in [5.41, 5.74) is 5.67. The van der Waals surface area contributed by atoms with Gasteiger partial charge in [0.2, 0.25) is 0 Å². The SMILES string of the molecule is Cc1ccc(CCCCCCCCCCc2c([C@@H]3O[C@H]3C(=O)Oc3ccc4ccccc4c3)cccc2[N+](=O)[O-])c(C)c1. The lowest BCUT2D eigenvalue weighted by Gasteiger charge is -2.09. The summed E-state index contributed by atoms with van der Waals surface area (Å²) in [7, 11) is 0. The first-order valence-electron chi connectivity index (χ1n) is 15.6. The topological polar surface area (TPSA) is 82.0 Å². The number of carbonyl (C=O) groups is 1. The lowest BCUT2D eigenvalue weighted by Crippen LogP contribution is -2.16. The molecule has 0 bridgehead atoms. The summed E-state index contributed by atoms with van der Waals surface area (Å²) < 4.78 is 11.3. The maximum absolute atomic E-state index is 12.9. The molecule has 5 rings (SSSR count). The number of epoxide rings is 1. The fourth-order valence-corrected chi connectivity index (χ4v) is 6.04. The van der Waals surface area contributed by atoms with E-state index >= 15 is 0 Å². The second-order valence-electron chi connectivity index (χ2n) is 11.8. The Balaban J connectivity index is 1.06. The van der Waals surface area contributed by atoms with Crippen LogP contribution >= 0.6 is 0 Å². The maximum atomic E-state index is 12.9. The summed E-state index contributed by atoms with van der Waals surface area (Å²) in [4.78, 5) is 24.4. The van der Waals surface area contributed by atoms with E-state index in [1.807, 2.05) is 42.5 Å². The third-order valence-corrected chi connectivity index (χ3v) is 8.48. The summed E-state index contributed by atoms with van der Waals surface area (Å²) in [6, 6.07) is 25.2. The molecule has 6 heteroatoms. The quantitative estimate of drug-likeness (QED) is 0.0350. The van der Waals surface area contributed by atoms with Crippen LogP contribution in [0.4, 0.5) is 5.69 Å². The van der Waals surface area contributed by atoms with Gasteiger partial charge in [0, 0.05) is 11.6 Å². The Morgan fingerprint density at radius 1 is 0.791 bits per heavy atom. The molecule has 1 heterocycles. The van der Waals surface area contributed by atoms with Crippen molar-refractivity contribution < 1.29 is 19.2 Å². The van der Waals surface area contributed by atoms with Crippen molar-refractivity contribution >= 4 is 22.4 Å². The molecule has 0 saturated carbocycles. The van der Waals surface area contributed by atoms with E-state index in [1.54, 1.807) is 18.2 Å². The predicted octanol–water partition coefficient (Wildman–Crippen LogP) is 9.32. The van der Waals surface area contributed by atoms with Gasteiger partial charge in [0.25, 0.3) is 5.69 Å². The van der Waals surface area contributed by atoms with Gasteiger partial charge in [-0.05, 0) is 79.1 Å². The average molecular weight is 580 g/mol. The molecular weight excluding hydrogens is 538 g/mol. The maximum Gasteiger partial charge on any atom is 0.343 e. The number of nitro benzene ring substituents is 1. The van der Waals surface area contributed by atoms with Crippen LogP contribution in [0.15, 0.2) is 78.9 Å². The van der Waals surface area contributed by atoms with E-state index in [-0.39, 0.29) is 10.6 Å². The van der Waals surface area contributed by atoms with Gasteiger partial charge >= 0.3 is 5.97 Å². The van der Waals surface area contributed by atoms with E-state index in [0.29, 0.717) is 17.7 Å². The third kappa shape index (κ3) is 8.08. The summed E-state index contributed by atoms with van der Waals surface area (Å²) >= 11 is 0. The number of fused-ring (bicyclic) bond motifs is 1. The Hall–Kier alpha value is -4.03. The molecule has 1 aliphatic heterocycles. The second-order valence-corrected chi connectivity index (χ2v) is 11.8. The van der Waals surface area contributed by atoms with Crippen LogP contribution in [0.3, 0.4) is 0 Å². The largest absolute Gasteiger partial charge is 0.425 e. The highest BCUT2D eigenvalue weighted by Gasteiger charge is 2.49. The molecule has 43 heavy (non-hydrogen) atoms. The minimum absolute atomic E-state index is 0.0958. The lowest BCUT2D eigenvalue weighted by atomic mass is 9.95. The number of nitro groups is 1. The molecule has 6 nitrogen and oxygen atoms in total. The highest BCUT2D eigenvalue weighted by atomic mass is 16.6. The van der Waals surface area contributed by atoms with Crippen molar-refractivity contribution in [2.45, 2.75) is 90.3 Å². The molecule has 0 aromatic heterocycles. The zero-order valence-electron chi connectivity index (χ0n) is 25.2. The van der Waals surface area contributed by atoms with E-state index < -0.39 is 18.2 Å². The molecular formula is C37H41NO5. The normalized spacial score (nSPS) is 15.9. The van der Waals surface area contributed by atoms with Crippen LogP contribution in [-0.4, -0.2) is 17.0 Å². The molecule has 1 fully saturated rings. The zero-order valence-corrected chi connectivity index (χ0v) is 25.2. The molecule has 0 aliphatic carbocycles. The van der Waals surface area contributed by atoms with Crippen molar-refractivity contribution in [3.63, 3.8) is 0 Å². The molecule has 4 aromatic carbocycles. The van der Waals surface area contributed by atoms with Crippen molar-refractivity contribution in [2.75, 3.05) is 0 Å². The smallest absolute Gasteiger partial charge is 0.343 e. The molecule has 1 saturated heterocycles. The number of esters is 1. The van der Waals surface area contributed by atoms with Gasteiger partial charge in [-0.15, -0.1) is 0 Å². The van der Waals surface area contributed by atoms with Gasteiger partial charge in [0.15, 0.2) is 6.10 Å². The minimum Gasteiger partial charge on any atom is -0.425 e. The number of benzene rings is 4. The van der Waals surface area contributed by atoms with Crippen molar-refractivity contribution in [1.29, 1.82) is 0 Å². The van der Waals surface area contributed by atoms with E-state index in [4.69, 9.17) is 9.47 Å². The minimum atomic E-state index is -0.762. The Kier molecular flexibility index (Phi) is 10.2. The summed E-state index contributed by atoms with van der Waals surface area (Å²) in [6.07, 6.45) is 9.59. The van der Waals surface area contributed by atoms with Crippen LogP contribution in [0.25, 0.3) is 10.8 Å². The van der Waals surface area contributed by atoms with Crippen molar-refractivity contribution in [2.24, 2.45) is 0 Å². The molecule has 4 aromatic rings. The monoisotopic (exact) mass is 579 g/mol. The molecule has 0 spiro atoms. The van der Waals surface area contributed by atoms with E-state index in [0.717, 1.165) is 42.0 Å². The van der Waals surface area contributed by atoms with Crippen LogP contribution in [0.1, 0.15) is 85.3 Å². The molecule has 2 atom stereocenters. The van der Waals surface area contributed by atoms with E-state index in [2.05, 4.69) is 32.0 Å². The zero-order chi connectivity index (χ0) is 30.2. The Morgan fingerprint density at radius 2 is 1.49 bits per heavy atom. The molecule has 1 aliphatic rings. The molecule has 224 valence electrons. The average Bonchev–Trinajstić information content (AvgIpc) is 3.80. The lowest BCUT2D eigenvalue weighted by molar-refractivity contribution is -0.385. The van der Waals surface area contributed by atoms with Crippen LogP contribution < -0.4 is 4.74 Å². The van der Waals surface area contributed by atoms with Crippen LogP contribution in [0.5, 0.6) is 5.75 Å². The first-order valence-corrected chi connectivity index (χ1v) is 15.6. The fourth-order valence-electron chi connectivity index (χ4n) is 6.04. The molecule has 0 unspecified atom stereocenters. The predicted molar refractivity (Wildman–Crippen MR) is 171 cm³/mol. The highest BCUT2D eigenvalue weighted by molar-refractivity contribution is 5.86. The van der Waals surface area contributed by atoms with Crippen LogP contribution in [0, 0.1) is 24.0 Å². The molecule has 0 radical (unpaired) electrons. The van der Waals surface area contributed by atoms with Crippen molar-refractivity contribution in [3.8, 4) is 5.75 Å². The first kappa shape index (κ1) is 30.4. The van der Waals surface area contributed by atoms with Gasteiger partial charge in [0.05, 0.1) is 4.92 Å². The van der Waals surface area contributed by atoms with Crippen molar-refractivity contribution in [3.05, 3.63) is 117 Å². The third-order valence-electron chi connectivity index (χ3n) is 8.48. The van der Waals surface area contributed by atoms with E-state index in [9.17, 15) is 14.9 Å². The van der Waals surface area contributed by atoms with Gasteiger partial charge in [-0.25, -0.2) is 4.79 Å². The van der Waals surface area contributed by atoms with Crippen LogP contribution in [0.2, 0.25) is 0 Å². The van der Waals surface area contributed by atoms with Gasteiger partial charge in [-0.1, -0.05) is 105 Å². The van der Waals surface area contributed by atoms with Gasteiger partial charge in [0.1, 0.15) is 11.9 Å². The number of nitrogens with zero attached hydrogens (tertiary/aromatic N) is 1. The van der Waals surface area contributed by atoms with Crippen LogP contribution in [-0.2, 0) is 22.4 Å². The van der Waals surface area contributed by atoms with Gasteiger partial charge in [-0.3, -0.25) is 10.1 Å². The van der Waals surface area contributed by atoms with E-state index in [1.165, 1.54) is 48.8 Å². The Morgan fingerprint density at radius 3 is 2.21 bits per heavy atom. The summed E-state index contributed by atoms with van der Waals surface area (Å²) in [5.74, 6) is -0.0229. The number of unbranched alkanes of at least 4 members (excludes halogenated alkanes) is 7. The summed E-state index contributed by atoms with van der Waals surface area (Å²) in [6.45, 7) is 4.34. The number of aryl methyl sites for hydroxylation is 3. The number of hydrogen-bond acceptors (Lipinski definition) is 5. The van der Waals surface area contributed by atoms with Crippen molar-refractivity contribution in [1.82, 2.24) is 0 Å². The van der Waals surface area contributed by atoms with Gasteiger partial charge < -0.3 is 9.47 Å². The Labute approximate surface area is 254 Å². The van der Waals surface area contributed by atoms with Gasteiger partial charge in [-0.2, -0.15) is 0 Å². The molecule has 0 N–H and O–H groups in total. The number of ether oxygens (including phenoxy) is 2. The number of hydrogen-bond donors (Lipinski definition) is 0. The second kappa shape index (κ2) is 14.4. The summed E-state index contributed by atoms with van der Waals surface area (Å²) in [5, 5.41) is 13.9. The molecule has 0 amide bonds. The Bertz CT molecular complexity index is 1580. The standard InChI is InChI=1S/C37H41NO5/c1-26-20-21-28(27(2)24-26)14-9-7-5-3-4-6-8-10-17-32-33(18-13-19-34(32)38(40)41)35-36(43-35)37(39)42-31-23-22-29-15-11-12-16-30(29)25-31/h11-13,15-16,18-25,35-36H,3-10,14,17H2,1-2H3/t35-,36+/m0/s1. The fraction of sp³-hybridized carbons (Fsp3) is 0.378. The first-order chi connectivity index (χ1) is 20.9. The number of rotatable bonds is 15.